The van der Waals surface area contributed by atoms with Crippen LogP contribution in [0.1, 0.15) is 39.2 Å². The summed E-state index contributed by atoms with van der Waals surface area (Å²) in [6.07, 6.45) is 2.44. The molecule has 6 nitrogen and oxygen atoms in total. The molecule has 1 atom stereocenters. The van der Waals surface area contributed by atoms with Gasteiger partial charge in [-0.3, -0.25) is 9.59 Å². The molecule has 27 heavy (non-hydrogen) atoms. The maximum absolute atomic E-state index is 12.9. The van der Waals surface area contributed by atoms with E-state index in [0.29, 0.717) is 11.1 Å². The second-order valence-electron chi connectivity index (χ2n) is 6.64. The molecule has 0 spiro atoms. The van der Waals surface area contributed by atoms with E-state index in [0.717, 1.165) is 17.5 Å². The number of ether oxygens (including phenoxy) is 1. The zero-order valence-electron chi connectivity index (χ0n) is 15.0. The van der Waals surface area contributed by atoms with E-state index in [9.17, 15) is 14.4 Å². The van der Waals surface area contributed by atoms with E-state index >= 15 is 0 Å². The number of hydrogen-bond acceptors (Lipinski definition) is 4. The molecule has 0 saturated carbocycles. The van der Waals surface area contributed by atoms with E-state index < -0.39 is 11.9 Å². The summed E-state index contributed by atoms with van der Waals surface area (Å²) in [6, 6.07) is 12.3. The highest BCUT2D eigenvalue weighted by atomic mass is 16.5. The summed E-state index contributed by atoms with van der Waals surface area (Å²) < 4.78 is 6.73. The number of carbonyl (C=O) groups is 2. The number of aromatic nitrogens is 1. The first-order chi connectivity index (χ1) is 13.0. The van der Waals surface area contributed by atoms with Crippen molar-refractivity contribution in [2.75, 3.05) is 12.4 Å². The Balaban J connectivity index is 1.79. The molecule has 2 heterocycles. The van der Waals surface area contributed by atoms with Gasteiger partial charge in [-0.05, 0) is 37.1 Å². The second-order valence-corrected chi connectivity index (χ2v) is 6.64. The summed E-state index contributed by atoms with van der Waals surface area (Å²) in [5.41, 5.74) is 2.27. The maximum atomic E-state index is 12.9. The molecule has 4 rings (SSSR count). The van der Waals surface area contributed by atoms with Gasteiger partial charge >= 0.3 is 5.97 Å². The number of pyridine rings is 1. The number of esters is 1. The number of nitrogens with one attached hydrogen (secondary N) is 1. The van der Waals surface area contributed by atoms with Crippen LogP contribution in [0.5, 0.6) is 0 Å². The van der Waals surface area contributed by atoms with Gasteiger partial charge < -0.3 is 14.6 Å². The summed E-state index contributed by atoms with van der Waals surface area (Å²) in [7, 11) is 1.28. The monoisotopic (exact) mass is 362 g/mol. The van der Waals surface area contributed by atoms with Crippen LogP contribution in [0.4, 0.5) is 5.69 Å². The molecule has 0 unspecified atom stereocenters. The van der Waals surface area contributed by atoms with Gasteiger partial charge in [-0.15, -0.1) is 0 Å². The molecule has 0 fully saturated rings. The van der Waals surface area contributed by atoms with E-state index in [4.69, 9.17) is 4.74 Å². The van der Waals surface area contributed by atoms with Crippen molar-refractivity contribution in [2.24, 2.45) is 0 Å². The summed E-state index contributed by atoms with van der Waals surface area (Å²) in [4.78, 5) is 37.7. The molecule has 1 aromatic heterocycles. The Bertz CT molecular complexity index is 1150. The number of hydrogen-bond donors (Lipinski definition) is 1. The summed E-state index contributed by atoms with van der Waals surface area (Å²) >= 11 is 0. The molecule has 1 amide bonds. The van der Waals surface area contributed by atoms with Crippen molar-refractivity contribution in [3.63, 3.8) is 0 Å². The fraction of sp³-hybridized carbons (Fsp3) is 0.190. The smallest absolute Gasteiger partial charge is 0.339 e. The van der Waals surface area contributed by atoms with Crippen LogP contribution in [0.2, 0.25) is 0 Å². The minimum absolute atomic E-state index is 0.0491. The van der Waals surface area contributed by atoms with Gasteiger partial charge in [0.1, 0.15) is 5.56 Å². The summed E-state index contributed by atoms with van der Waals surface area (Å²) in [5.74, 6) is -1.11. The number of amides is 1. The average molecular weight is 362 g/mol. The van der Waals surface area contributed by atoms with Gasteiger partial charge in [0.25, 0.3) is 5.91 Å². The fourth-order valence-electron chi connectivity index (χ4n) is 3.65. The lowest BCUT2D eigenvalue weighted by molar-refractivity contribution is 0.0602. The molecule has 2 aromatic carbocycles. The Kier molecular flexibility index (Phi) is 4.03. The zero-order valence-corrected chi connectivity index (χ0v) is 15.0. The summed E-state index contributed by atoms with van der Waals surface area (Å²) in [6.45, 7) is 2.05. The van der Waals surface area contributed by atoms with Gasteiger partial charge in [-0.25, -0.2) is 4.79 Å². The van der Waals surface area contributed by atoms with Crippen molar-refractivity contribution in [2.45, 2.75) is 19.4 Å². The van der Waals surface area contributed by atoms with E-state index in [2.05, 4.69) is 12.2 Å². The highest BCUT2D eigenvalue weighted by Gasteiger charge is 2.25. The van der Waals surface area contributed by atoms with Gasteiger partial charge in [0.2, 0.25) is 5.43 Å². The lowest BCUT2D eigenvalue weighted by Gasteiger charge is -2.13. The minimum atomic E-state index is -0.557. The third-order valence-electron chi connectivity index (χ3n) is 4.95. The number of benzene rings is 2. The molecule has 1 aliphatic heterocycles. The molecule has 3 aromatic rings. The number of methoxy groups -OCH3 is 1. The minimum Gasteiger partial charge on any atom is -0.465 e. The van der Waals surface area contributed by atoms with Crippen molar-refractivity contribution >= 4 is 28.5 Å². The van der Waals surface area contributed by atoms with E-state index in [-0.39, 0.29) is 22.6 Å². The van der Waals surface area contributed by atoms with Crippen molar-refractivity contribution < 1.29 is 14.3 Å². The van der Waals surface area contributed by atoms with Gasteiger partial charge in [-0.1, -0.05) is 24.3 Å². The molecule has 0 bridgehead atoms. The quantitative estimate of drug-likeness (QED) is 0.726. The van der Waals surface area contributed by atoms with Crippen LogP contribution in [0.3, 0.4) is 0 Å². The first-order valence-corrected chi connectivity index (χ1v) is 8.66. The SMILES string of the molecule is COC(=O)c1ccccc1NC(=O)c1cn2c3c(cccc3c1=O)C[C@@H]2C. The Morgan fingerprint density at radius 2 is 1.89 bits per heavy atom. The van der Waals surface area contributed by atoms with Gasteiger partial charge in [0, 0.05) is 17.6 Å². The molecule has 1 aliphatic rings. The molecule has 136 valence electrons. The van der Waals surface area contributed by atoms with Crippen LogP contribution in [-0.4, -0.2) is 23.6 Å². The molecule has 0 saturated heterocycles. The van der Waals surface area contributed by atoms with Crippen LogP contribution >= 0.6 is 0 Å². The first-order valence-electron chi connectivity index (χ1n) is 8.66. The van der Waals surface area contributed by atoms with Crippen molar-refractivity contribution in [1.29, 1.82) is 0 Å². The Hall–Kier alpha value is -3.41. The highest BCUT2D eigenvalue weighted by Crippen LogP contribution is 2.31. The molecular formula is C21H18N2O4. The van der Waals surface area contributed by atoms with E-state index in [1.54, 1.807) is 36.5 Å². The lowest BCUT2D eigenvalue weighted by atomic mass is 10.1. The number of anilines is 1. The normalized spacial score (nSPS) is 15.0. The molecule has 1 N–H and O–H groups in total. The van der Waals surface area contributed by atoms with Gasteiger partial charge in [0.15, 0.2) is 0 Å². The number of rotatable bonds is 3. The second kappa shape index (κ2) is 6.39. The Morgan fingerprint density at radius 3 is 2.67 bits per heavy atom. The van der Waals surface area contributed by atoms with Gasteiger partial charge in [-0.2, -0.15) is 0 Å². The van der Waals surface area contributed by atoms with Crippen LogP contribution in [0.25, 0.3) is 10.9 Å². The Morgan fingerprint density at radius 1 is 1.11 bits per heavy atom. The number of para-hydroxylation sites is 2. The predicted molar refractivity (Wildman–Crippen MR) is 102 cm³/mol. The highest BCUT2D eigenvalue weighted by molar-refractivity contribution is 6.09. The topological polar surface area (TPSA) is 77.4 Å². The largest absolute Gasteiger partial charge is 0.465 e. The molecule has 6 heteroatoms. The van der Waals surface area contributed by atoms with Gasteiger partial charge in [0.05, 0.1) is 23.9 Å². The van der Waals surface area contributed by atoms with Crippen molar-refractivity contribution in [3.05, 3.63) is 75.6 Å². The summed E-state index contributed by atoms with van der Waals surface area (Å²) in [5, 5.41) is 3.21. The number of carbonyl (C=O) groups excluding carboxylic acids is 2. The molecule has 0 aliphatic carbocycles. The standard InChI is InChI=1S/C21H18N2O4/c1-12-10-13-6-5-8-15-18(13)23(12)11-16(19(15)24)20(25)22-17-9-4-3-7-14(17)21(26)27-2/h3-9,11-12H,10H2,1-2H3,(H,22,25)/t12-/m0/s1. The van der Waals surface area contributed by atoms with Crippen LogP contribution < -0.4 is 10.7 Å². The molecular weight excluding hydrogens is 344 g/mol. The van der Waals surface area contributed by atoms with E-state index in [1.807, 2.05) is 16.7 Å². The maximum Gasteiger partial charge on any atom is 0.339 e. The fourth-order valence-corrected chi connectivity index (χ4v) is 3.65. The van der Waals surface area contributed by atoms with Crippen molar-refractivity contribution in [1.82, 2.24) is 4.57 Å². The number of nitrogens with zero attached hydrogens (tertiary/aromatic N) is 1. The lowest BCUT2D eigenvalue weighted by Crippen LogP contribution is -2.24. The third kappa shape index (κ3) is 2.70. The van der Waals surface area contributed by atoms with Crippen LogP contribution in [0.15, 0.2) is 53.5 Å². The zero-order chi connectivity index (χ0) is 19.1. The van der Waals surface area contributed by atoms with Crippen LogP contribution in [0, 0.1) is 0 Å². The average Bonchev–Trinajstić information content (AvgIpc) is 3.00. The Labute approximate surface area is 155 Å². The first kappa shape index (κ1) is 17.0. The molecule has 0 radical (unpaired) electrons. The third-order valence-corrected chi connectivity index (χ3v) is 4.95. The van der Waals surface area contributed by atoms with E-state index in [1.165, 1.54) is 7.11 Å². The van der Waals surface area contributed by atoms with Crippen molar-refractivity contribution in [3.8, 4) is 0 Å². The predicted octanol–water partition coefficient (Wildman–Crippen LogP) is 3.16. The van der Waals surface area contributed by atoms with Crippen LogP contribution in [-0.2, 0) is 11.2 Å².